The van der Waals surface area contributed by atoms with Crippen molar-refractivity contribution < 1.29 is 0 Å². The molecular weight excluding hydrogens is 637 g/mol. The molecule has 0 unspecified atom stereocenters. The average molecular weight is 673 g/mol. The zero-order valence-corrected chi connectivity index (χ0v) is 29.8. The highest BCUT2D eigenvalue weighted by Crippen LogP contribution is 2.52. The van der Waals surface area contributed by atoms with Gasteiger partial charge in [-0.15, -0.1) is 0 Å². The maximum atomic E-state index is 2.49. The van der Waals surface area contributed by atoms with Gasteiger partial charge in [0.15, 0.2) is 0 Å². The fraction of sp³-hybridized carbons (Fsp3) is 0.0566. The van der Waals surface area contributed by atoms with Crippen LogP contribution in [0.3, 0.4) is 0 Å². The second-order valence-corrected chi connectivity index (χ2v) is 15.2. The van der Waals surface area contributed by atoms with Crippen molar-refractivity contribution in [3.8, 4) is 44.5 Å². The van der Waals surface area contributed by atoms with E-state index >= 15 is 0 Å². The van der Waals surface area contributed by atoms with Crippen LogP contribution in [-0.2, 0) is 5.41 Å². The molecule has 0 saturated carbocycles. The Hall–Kier alpha value is -6.50. The van der Waals surface area contributed by atoms with Crippen LogP contribution in [0, 0.1) is 0 Å². The molecule has 11 rings (SSSR count). The third kappa shape index (κ3) is 4.42. The lowest BCUT2D eigenvalue weighted by atomic mass is 9.79. The van der Waals surface area contributed by atoms with Gasteiger partial charge in [-0.25, -0.2) is 0 Å². The van der Waals surface area contributed by atoms with Gasteiger partial charge in [0.25, 0.3) is 0 Å². The first-order valence-corrected chi connectivity index (χ1v) is 18.7. The second kappa shape index (κ2) is 11.2. The van der Waals surface area contributed by atoms with Crippen LogP contribution in [-0.4, -0.2) is 0 Å². The molecule has 0 N–H and O–H groups in total. The van der Waals surface area contributed by atoms with Crippen molar-refractivity contribution in [1.82, 2.24) is 0 Å². The van der Waals surface area contributed by atoms with Gasteiger partial charge >= 0.3 is 0 Å². The minimum absolute atomic E-state index is 0.0917. The van der Waals surface area contributed by atoms with Crippen LogP contribution in [0.5, 0.6) is 0 Å². The molecule has 0 atom stereocenters. The predicted octanol–water partition coefficient (Wildman–Crippen LogP) is 14.8. The van der Waals surface area contributed by atoms with Crippen LogP contribution in [0.15, 0.2) is 182 Å². The van der Waals surface area contributed by atoms with Gasteiger partial charge in [-0.3, -0.25) is 0 Å². The highest BCUT2D eigenvalue weighted by Gasteiger charge is 2.35. The third-order valence-electron chi connectivity index (χ3n) is 12.0. The van der Waals surface area contributed by atoms with Gasteiger partial charge in [-0.1, -0.05) is 172 Å². The molecule has 0 aliphatic heterocycles. The number of rotatable bonds is 3. The quantitative estimate of drug-likeness (QED) is 0.164. The standard InChI is InChI=1S/C53H36/c1-53(2)48-22-12-11-19-42(48)43-27-26-39(32-49(43)53)50-44-20-9-10-21-45(44)52(51-40-17-7-5-15-37(40)30-38-16-6-8-18-41(38)51)46-28-25-36(31-47(46)50)35-24-23-33-13-3-4-14-34(33)29-35/h3-32H,1-2H3. The van der Waals surface area contributed by atoms with E-state index in [-0.39, 0.29) is 5.41 Å². The van der Waals surface area contributed by atoms with Crippen molar-refractivity contribution >= 4 is 53.9 Å². The molecule has 53 heavy (non-hydrogen) atoms. The fourth-order valence-corrected chi connectivity index (χ4v) is 9.45. The van der Waals surface area contributed by atoms with Crippen molar-refractivity contribution in [3.63, 3.8) is 0 Å². The topological polar surface area (TPSA) is 0 Å². The monoisotopic (exact) mass is 672 g/mol. The largest absolute Gasteiger partial charge is 0.0619 e. The highest BCUT2D eigenvalue weighted by molar-refractivity contribution is 6.27. The van der Waals surface area contributed by atoms with E-state index in [1.165, 1.54) is 109 Å². The first kappa shape index (κ1) is 30.2. The molecule has 0 saturated heterocycles. The molecule has 0 aromatic heterocycles. The number of fused-ring (bicyclic) bond motifs is 8. The molecule has 0 bridgehead atoms. The lowest BCUT2D eigenvalue weighted by Gasteiger charge is -2.23. The van der Waals surface area contributed by atoms with E-state index < -0.39 is 0 Å². The maximum absolute atomic E-state index is 2.49. The summed E-state index contributed by atoms with van der Waals surface area (Å²) in [6.07, 6.45) is 0. The second-order valence-electron chi connectivity index (χ2n) is 15.2. The van der Waals surface area contributed by atoms with Crippen molar-refractivity contribution in [1.29, 1.82) is 0 Å². The van der Waals surface area contributed by atoms with Crippen LogP contribution < -0.4 is 0 Å². The Kier molecular flexibility index (Phi) is 6.40. The first-order valence-electron chi connectivity index (χ1n) is 18.7. The number of hydrogen-bond donors (Lipinski definition) is 0. The summed E-state index contributed by atoms with van der Waals surface area (Å²) in [5.41, 5.74) is 13.0. The lowest BCUT2D eigenvalue weighted by molar-refractivity contribution is 0.660. The molecule has 0 spiro atoms. The molecule has 1 aliphatic rings. The predicted molar refractivity (Wildman–Crippen MR) is 228 cm³/mol. The van der Waals surface area contributed by atoms with E-state index in [1.807, 2.05) is 0 Å². The summed E-state index contributed by atoms with van der Waals surface area (Å²) in [6, 6.07) is 68.1. The fourth-order valence-electron chi connectivity index (χ4n) is 9.45. The number of benzene rings is 10. The zero-order valence-electron chi connectivity index (χ0n) is 29.8. The van der Waals surface area contributed by atoms with Gasteiger partial charge < -0.3 is 0 Å². The van der Waals surface area contributed by atoms with E-state index in [0.717, 1.165) is 0 Å². The number of hydrogen-bond acceptors (Lipinski definition) is 0. The molecule has 248 valence electrons. The van der Waals surface area contributed by atoms with Gasteiger partial charge in [-0.2, -0.15) is 0 Å². The summed E-state index contributed by atoms with van der Waals surface area (Å²) in [7, 11) is 0. The molecule has 0 fully saturated rings. The molecule has 1 aliphatic carbocycles. The molecule has 0 nitrogen and oxygen atoms in total. The molecule has 10 aromatic carbocycles. The molecule has 0 heteroatoms. The molecule has 0 radical (unpaired) electrons. The summed E-state index contributed by atoms with van der Waals surface area (Å²) < 4.78 is 0. The summed E-state index contributed by atoms with van der Waals surface area (Å²) in [5, 5.41) is 12.7. The summed E-state index contributed by atoms with van der Waals surface area (Å²) in [6.45, 7) is 4.76. The van der Waals surface area contributed by atoms with Crippen LogP contribution in [0.1, 0.15) is 25.0 Å². The Morgan fingerprint density at radius 1 is 0.283 bits per heavy atom. The molecule has 0 amide bonds. The van der Waals surface area contributed by atoms with Crippen LogP contribution in [0.25, 0.3) is 98.4 Å². The molecule has 0 heterocycles. The Morgan fingerprint density at radius 2 is 0.792 bits per heavy atom. The summed E-state index contributed by atoms with van der Waals surface area (Å²) >= 11 is 0. The van der Waals surface area contributed by atoms with Gasteiger partial charge in [0.1, 0.15) is 0 Å². The van der Waals surface area contributed by atoms with Crippen molar-refractivity contribution in [3.05, 3.63) is 193 Å². The van der Waals surface area contributed by atoms with Crippen molar-refractivity contribution in [2.24, 2.45) is 0 Å². The maximum Gasteiger partial charge on any atom is 0.0159 e. The summed E-state index contributed by atoms with van der Waals surface area (Å²) in [4.78, 5) is 0. The Bertz CT molecular complexity index is 3090. The van der Waals surface area contributed by atoms with E-state index in [4.69, 9.17) is 0 Å². The van der Waals surface area contributed by atoms with Crippen LogP contribution in [0.4, 0.5) is 0 Å². The van der Waals surface area contributed by atoms with E-state index in [0.29, 0.717) is 0 Å². The smallest absolute Gasteiger partial charge is 0.0159 e. The zero-order chi connectivity index (χ0) is 35.3. The van der Waals surface area contributed by atoms with Crippen LogP contribution >= 0.6 is 0 Å². The van der Waals surface area contributed by atoms with Gasteiger partial charge in [0.2, 0.25) is 0 Å². The van der Waals surface area contributed by atoms with E-state index in [1.54, 1.807) is 0 Å². The Labute approximate surface area is 309 Å². The normalized spacial score (nSPS) is 13.2. The van der Waals surface area contributed by atoms with Crippen molar-refractivity contribution in [2.75, 3.05) is 0 Å². The Morgan fingerprint density at radius 3 is 1.55 bits per heavy atom. The van der Waals surface area contributed by atoms with Crippen molar-refractivity contribution in [2.45, 2.75) is 19.3 Å². The first-order chi connectivity index (χ1) is 26.0. The van der Waals surface area contributed by atoms with E-state index in [2.05, 4.69) is 196 Å². The van der Waals surface area contributed by atoms with Gasteiger partial charge in [-0.05, 0) is 134 Å². The summed E-state index contributed by atoms with van der Waals surface area (Å²) in [5.74, 6) is 0. The average Bonchev–Trinajstić information content (AvgIpc) is 3.44. The minimum Gasteiger partial charge on any atom is -0.0619 e. The van der Waals surface area contributed by atoms with E-state index in [9.17, 15) is 0 Å². The van der Waals surface area contributed by atoms with Gasteiger partial charge in [0, 0.05) is 5.41 Å². The lowest BCUT2D eigenvalue weighted by Crippen LogP contribution is -2.14. The SMILES string of the molecule is CC1(C)c2ccccc2-c2ccc(-c3c4ccccc4c(-c4c5ccccc5cc5ccccc45)c4ccc(-c5ccc6ccccc6c5)cc34)cc21. The Balaban J connectivity index is 1.28. The molecular formula is C53H36. The third-order valence-corrected chi connectivity index (χ3v) is 12.0. The molecule has 10 aromatic rings. The van der Waals surface area contributed by atoms with Gasteiger partial charge in [0.05, 0.1) is 0 Å². The van der Waals surface area contributed by atoms with Crippen LogP contribution in [0.2, 0.25) is 0 Å². The highest BCUT2D eigenvalue weighted by atomic mass is 14.4. The minimum atomic E-state index is -0.0917.